The van der Waals surface area contributed by atoms with Gasteiger partial charge >= 0.3 is 13.7 Å². The van der Waals surface area contributed by atoms with Crippen molar-refractivity contribution in [3.05, 3.63) is 92.9 Å². The third kappa shape index (κ3) is 6.06. The summed E-state index contributed by atoms with van der Waals surface area (Å²) in [5.74, 6) is -3.71. The van der Waals surface area contributed by atoms with Crippen molar-refractivity contribution in [1.29, 1.82) is 0 Å². The summed E-state index contributed by atoms with van der Waals surface area (Å²) in [4.78, 5) is 42.4. The molecule has 4 heterocycles. The minimum atomic E-state index is -4.46. The van der Waals surface area contributed by atoms with Gasteiger partial charge in [-0.15, -0.1) is 11.8 Å². The molecule has 250 valence electrons. The van der Waals surface area contributed by atoms with E-state index in [-0.39, 0.29) is 50.0 Å². The SMILES string of the molecule is CCOC(=O)[C@H](C)NP(=O)(OCC)Oc1c2n(ccc1=O)N([C@@H]1c3ccccc3SCc3c1ccc(F)c3F)[C@@H]1COCCN1C2=O. The first-order valence-electron chi connectivity index (χ1n) is 15.1. The van der Waals surface area contributed by atoms with Crippen LogP contribution in [0, 0.1) is 11.6 Å². The van der Waals surface area contributed by atoms with Crippen molar-refractivity contribution in [3.63, 3.8) is 0 Å². The smallest absolute Gasteiger partial charge is 0.459 e. The summed E-state index contributed by atoms with van der Waals surface area (Å²) < 4.78 is 67.5. The Labute approximate surface area is 273 Å². The number of morpholine rings is 1. The Bertz CT molecular complexity index is 1830. The predicted molar refractivity (Wildman–Crippen MR) is 168 cm³/mol. The lowest BCUT2D eigenvalue weighted by atomic mass is 9.93. The van der Waals surface area contributed by atoms with Gasteiger partial charge in [0, 0.05) is 35.0 Å². The molecule has 4 atom stereocenters. The molecule has 1 aromatic heterocycles. The third-order valence-electron chi connectivity index (χ3n) is 8.04. The molecule has 1 fully saturated rings. The van der Waals surface area contributed by atoms with Crippen molar-refractivity contribution in [3.8, 4) is 5.75 Å². The molecular formula is C31H33F2N4O8PS. The Morgan fingerprint density at radius 1 is 1.13 bits per heavy atom. The number of carbonyl (C=O) groups excluding carboxylic acids is 2. The lowest BCUT2D eigenvalue weighted by Crippen LogP contribution is -2.66. The number of esters is 1. The van der Waals surface area contributed by atoms with E-state index in [0.717, 1.165) is 22.6 Å². The number of benzene rings is 2. The molecule has 1 saturated heterocycles. The maximum Gasteiger partial charge on any atom is 0.459 e. The van der Waals surface area contributed by atoms with Gasteiger partial charge in [-0.3, -0.25) is 28.6 Å². The van der Waals surface area contributed by atoms with Crippen LogP contribution in [0.15, 0.2) is 58.4 Å². The van der Waals surface area contributed by atoms with Crippen molar-refractivity contribution in [2.24, 2.45) is 0 Å². The zero-order valence-corrected chi connectivity index (χ0v) is 27.5. The van der Waals surface area contributed by atoms with Crippen LogP contribution < -0.4 is 20.0 Å². The van der Waals surface area contributed by atoms with Crippen LogP contribution in [-0.4, -0.2) is 66.6 Å². The maximum absolute atomic E-state index is 15.5. The highest BCUT2D eigenvalue weighted by Gasteiger charge is 2.47. The molecule has 1 unspecified atom stereocenters. The second kappa shape index (κ2) is 13.4. The molecule has 0 spiro atoms. The quantitative estimate of drug-likeness (QED) is 0.255. The van der Waals surface area contributed by atoms with E-state index < -0.39 is 60.7 Å². The molecule has 0 saturated carbocycles. The van der Waals surface area contributed by atoms with E-state index in [1.165, 1.54) is 40.5 Å². The maximum atomic E-state index is 15.5. The fourth-order valence-corrected chi connectivity index (χ4v) is 8.63. The third-order valence-corrected chi connectivity index (χ3v) is 10.9. The first-order valence-corrected chi connectivity index (χ1v) is 17.6. The van der Waals surface area contributed by atoms with Crippen molar-refractivity contribution >= 4 is 31.4 Å². The fraction of sp³-hybridized carbons (Fsp3) is 0.387. The number of hydrogen-bond acceptors (Lipinski definition) is 10. The van der Waals surface area contributed by atoms with Crippen LogP contribution in [0.3, 0.4) is 0 Å². The largest absolute Gasteiger partial charge is 0.465 e. The molecule has 1 amide bonds. The zero-order valence-electron chi connectivity index (χ0n) is 25.8. The number of nitrogens with one attached hydrogen (secondary N) is 1. The van der Waals surface area contributed by atoms with Gasteiger partial charge in [0.1, 0.15) is 12.2 Å². The van der Waals surface area contributed by atoms with Gasteiger partial charge in [-0.25, -0.2) is 13.3 Å². The Hall–Kier alpha value is -3.75. The van der Waals surface area contributed by atoms with E-state index in [1.807, 2.05) is 24.3 Å². The Balaban J connectivity index is 1.55. The van der Waals surface area contributed by atoms with Gasteiger partial charge in [-0.2, -0.15) is 5.09 Å². The van der Waals surface area contributed by atoms with Gasteiger partial charge in [0.25, 0.3) is 5.91 Å². The zero-order chi connectivity index (χ0) is 33.5. The molecule has 47 heavy (non-hydrogen) atoms. The van der Waals surface area contributed by atoms with Crippen LogP contribution in [0.5, 0.6) is 5.75 Å². The predicted octanol–water partition coefficient (Wildman–Crippen LogP) is 4.34. The summed E-state index contributed by atoms with van der Waals surface area (Å²) >= 11 is 1.36. The van der Waals surface area contributed by atoms with E-state index in [0.29, 0.717) is 5.56 Å². The molecular weight excluding hydrogens is 657 g/mol. The van der Waals surface area contributed by atoms with Crippen molar-refractivity contribution in [2.45, 2.75) is 49.7 Å². The number of hydrogen-bond donors (Lipinski definition) is 1. The number of amides is 1. The van der Waals surface area contributed by atoms with Crippen LogP contribution in [-0.2, 0) is 29.1 Å². The molecule has 2 aromatic carbocycles. The van der Waals surface area contributed by atoms with Gasteiger partial charge in [0.2, 0.25) is 11.2 Å². The molecule has 3 aromatic rings. The highest BCUT2D eigenvalue weighted by molar-refractivity contribution is 7.98. The Morgan fingerprint density at radius 3 is 2.68 bits per heavy atom. The first kappa shape index (κ1) is 33.2. The average molecular weight is 691 g/mol. The van der Waals surface area contributed by atoms with E-state index in [2.05, 4.69) is 5.09 Å². The minimum absolute atomic E-state index is 0.0639. The van der Waals surface area contributed by atoms with Crippen LogP contribution in [0.1, 0.15) is 54.0 Å². The molecule has 0 bridgehead atoms. The summed E-state index contributed by atoms with van der Waals surface area (Å²) in [6.45, 7) is 4.91. The average Bonchev–Trinajstić information content (AvgIpc) is 3.22. The van der Waals surface area contributed by atoms with E-state index in [9.17, 15) is 23.3 Å². The van der Waals surface area contributed by atoms with Gasteiger partial charge in [0.05, 0.1) is 32.5 Å². The monoisotopic (exact) mass is 690 g/mol. The molecule has 0 radical (unpaired) electrons. The van der Waals surface area contributed by atoms with Crippen LogP contribution in [0.2, 0.25) is 0 Å². The van der Waals surface area contributed by atoms with Crippen LogP contribution in [0.4, 0.5) is 8.78 Å². The molecule has 1 N–H and O–H groups in total. The molecule has 12 nitrogen and oxygen atoms in total. The standard InChI is InChI=1S/C31H33F2N4O8PS/c1-4-43-31(40)18(3)34-46(41,44-5-2)45-29-23(38)12-13-36-28(29)30(39)35-14-15-42-16-25(35)37(36)27-19-10-11-22(32)26(33)21(19)17-47-24-9-7-6-8-20(24)27/h6-13,18,25,27H,4-5,14-17H2,1-3H3,(H,34,41)/t18-,25+,27-,46?/m0/s1. The lowest BCUT2D eigenvalue weighted by molar-refractivity contribution is -0.144. The summed E-state index contributed by atoms with van der Waals surface area (Å²) in [5.41, 5.74) is 0.331. The number of nitrogens with zero attached hydrogens (tertiary/aromatic N) is 3. The Kier molecular flexibility index (Phi) is 9.45. The summed E-state index contributed by atoms with van der Waals surface area (Å²) in [6, 6.07) is 9.21. The van der Waals surface area contributed by atoms with Crippen LogP contribution in [0.25, 0.3) is 0 Å². The lowest BCUT2D eigenvalue weighted by Gasteiger charge is -2.51. The minimum Gasteiger partial charge on any atom is -0.465 e. The number of rotatable bonds is 9. The molecule has 16 heteroatoms. The number of aromatic nitrogens is 1. The normalized spacial score (nSPS) is 20.6. The van der Waals surface area contributed by atoms with Crippen molar-refractivity contribution in [1.82, 2.24) is 14.7 Å². The second-order valence-corrected chi connectivity index (χ2v) is 13.6. The van der Waals surface area contributed by atoms with Gasteiger partial charge in [-0.1, -0.05) is 24.3 Å². The van der Waals surface area contributed by atoms with Crippen molar-refractivity contribution < 1.29 is 41.5 Å². The highest BCUT2D eigenvalue weighted by atomic mass is 32.2. The molecule has 3 aliphatic rings. The topological polar surface area (TPSA) is 129 Å². The van der Waals surface area contributed by atoms with E-state index in [4.69, 9.17) is 18.5 Å². The molecule has 3 aliphatic heterocycles. The number of pyridine rings is 1. The number of carbonyl (C=O) groups is 2. The van der Waals surface area contributed by atoms with Gasteiger partial charge < -0.3 is 18.9 Å². The summed E-state index contributed by atoms with van der Waals surface area (Å²) in [7, 11) is -4.46. The van der Waals surface area contributed by atoms with Crippen molar-refractivity contribution in [2.75, 3.05) is 38.0 Å². The number of ether oxygens (including phenoxy) is 2. The number of halogens is 2. The second-order valence-electron chi connectivity index (χ2n) is 10.9. The van der Waals surface area contributed by atoms with Crippen LogP contribution >= 0.6 is 19.5 Å². The Morgan fingerprint density at radius 2 is 1.91 bits per heavy atom. The fourth-order valence-electron chi connectivity index (χ4n) is 6.00. The summed E-state index contributed by atoms with van der Waals surface area (Å²) in [5, 5.41) is 4.27. The molecule has 6 rings (SSSR count). The summed E-state index contributed by atoms with van der Waals surface area (Å²) in [6.07, 6.45) is 0.636. The number of thioether (sulfide) groups is 1. The molecule has 0 aliphatic carbocycles. The first-order chi connectivity index (χ1) is 22.6. The van der Waals surface area contributed by atoms with E-state index in [1.54, 1.807) is 18.9 Å². The van der Waals surface area contributed by atoms with Gasteiger partial charge in [0.15, 0.2) is 17.3 Å². The highest BCUT2D eigenvalue weighted by Crippen LogP contribution is 2.48. The van der Waals surface area contributed by atoms with Gasteiger partial charge in [-0.05, 0) is 44.0 Å². The number of fused-ring (bicyclic) bond motifs is 4. The van der Waals surface area contributed by atoms with E-state index >= 15 is 4.39 Å².